The molecule has 0 spiro atoms. The third-order valence-electron chi connectivity index (χ3n) is 5.14. The molecule has 0 unspecified atom stereocenters. The Hall–Kier alpha value is -3.35. The number of nitrogens with zero attached hydrogens (tertiary/aromatic N) is 1. The van der Waals surface area contributed by atoms with Crippen LogP contribution in [0.1, 0.15) is 33.6 Å². The highest BCUT2D eigenvalue weighted by atomic mass is 16.2. The van der Waals surface area contributed by atoms with Gasteiger partial charge in [0.25, 0.3) is 11.8 Å². The van der Waals surface area contributed by atoms with E-state index in [1.54, 1.807) is 35.2 Å². The van der Waals surface area contributed by atoms with Gasteiger partial charge in [-0.3, -0.25) is 14.4 Å². The van der Waals surface area contributed by atoms with Gasteiger partial charge in [0, 0.05) is 24.6 Å². The number of rotatable bonds is 2. The van der Waals surface area contributed by atoms with Crippen LogP contribution in [-0.4, -0.2) is 35.7 Å². The van der Waals surface area contributed by atoms with Crippen molar-refractivity contribution >= 4 is 34.8 Å². The number of carbonyl (C=O) groups is 3. The number of nitrogens with one attached hydrogen (secondary N) is 2. The van der Waals surface area contributed by atoms with Crippen molar-refractivity contribution in [1.82, 2.24) is 4.90 Å². The van der Waals surface area contributed by atoms with Gasteiger partial charge in [-0.2, -0.15) is 0 Å². The summed E-state index contributed by atoms with van der Waals surface area (Å²) in [6.07, 6.45) is 1.17. The summed E-state index contributed by atoms with van der Waals surface area (Å²) in [6.45, 7) is 0.999. The van der Waals surface area contributed by atoms with Crippen molar-refractivity contribution in [2.75, 3.05) is 23.7 Å². The van der Waals surface area contributed by atoms with Crippen molar-refractivity contribution in [2.45, 2.75) is 12.8 Å². The molecule has 4 rings (SSSR count). The summed E-state index contributed by atoms with van der Waals surface area (Å²) in [5.41, 5.74) is 8.42. The van der Waals surface area contributed by atoms with E-state index < -0.39 is 0 Å². The Kier molecular flexibility index (Phi) is 4.27. The number of likely N-dealkylation sites (tertiary alicyclic amines) is 1. The summed E-state index contributed by atoms with van der Waals surface area (Å²) in [5.74, 6) is -0.802. The molecule has 138 valence electrons. The third kappa shape index (κ3) is 3.23. The van der Waals surface area contributed by atoms with E-state index in [4.69, 9.17) is 5.73 Å². The Morgan fingerprint density at radius 2 is 1.70 bits per heavy atom. The van der Waals surface area contributed by atoms with E-state index in [-0.39, 0.29) is 23.6 Å². The smallest absolute Gasteiger partial charge is 0.257 e. The molecule has 2 aromatic carbocycles. The molecule has 7 nitrogen and oxygen atoms in total. The van der Waals surface area contributed by atoms with Gasteiger partial charge in [0.15, 0.2) is 0 Å². The number of piperidine rings is 1. The summed E-state index contributed by atoms with van der Waals surface area (Å²) in [6, 6.07) is 12.5. The molecule has 0 bridgehead atoms. The average Bonchev–Trinajstić information content (AvgIpc) is 2.82. The van der Waals surface area contributed by atoms with E-state index >= 15 is 0 Å². The molecule has 2 heterocycles. The first-order valence-corrected chi connectivity index (χ1v) is 8.93. The standard InChI is InChI=1S/C20H20N4O3/c21-18(25)12-7-9-24(10-8-12)20(27)13-5-6-16-17(11-13)23-19(26)14-3-1-2-4-15(14)22-16/h1-6,11-12,22H,7-10H2,(H2,21,25)(H,23,26). The van der Waals surface area contributed by atoms with E-state index in [1.165, 1.54) is 0 Å². The van der Waals surface area contributed by atoms with Crippen LogP contribution in [0.4, 0.5) is 17.1 Å². The lowest BCUT2D eigenvalue weighted by atomic mass is 9.96. The number of hydrogen-bond donors (Lipinski definition) is 3. The maximum absolute atomic E-state index is 12.8. The summed E-state index contributed by atoms with van der Waals surface area (Å²) >= 11 is 0. The minimum Gasteiger partial charge on any atom is -0.369 e. The van der Waals surface area contributed by atoms with Crippen LogP contribution in [0.25, 0.3) is 0 Å². The lowest BCUT2D eigenvalue weighted by Crippen LogP contribution is -2.41. The second-order valence-electron chi connectivity index (χ2n) is 6.85. The number of fused-ring (bicyclic) bond motifs is 2. The summed E-state index contributed by atoms with van der Waals surface area (Å²) in [7, 11) is 0. The van der Waals surface area contributed by atoms with Crippen LogP contribution in [0.15, 0.2) is 42.5 Å². The molecular weight excluding hydrogens is 344 g/mol. The van der Waals surface area contributed by atoms with E-state index in [0.29, 0.717) is 42.7 Å². The zero-order valence-electron chi connectivity index (χ0n) is 14.7. The maximum atomic E-state index is 12.8. The number of carbonyl (C=O) groups excluding carboxylic acids is 3. The zero-order valence-corrected chi connectivity index (χ0v) is 14.7. The number of nitrogens with two attached hydrogens (primary N) is 1. The fourth-order valence-corrected chi connectivity index (χ4v) is 3.56. The van der Waals surface area contributed by atoms with Crippen LogP contribution in [0, 0.1) is 5.92 Å². The van der Waals surface area contributed by atoms with Crippen LogP contribution in [0.3, 0.4) is 0 Å². The summed E-state index contributed by atoms with van der Waals surface area (Å²) < 4.78 is 0. The minimum atomic E-state index is -0.305. The van der Waals surface area contributed by atoms with Crippen LogP contribution in [0.5, 0.6) is 0 Å². The van der Waals surface area contributed by atoms with Crippen LogP contribution in [-0.2, 0) is 4.79 Å². The van der Waals surface area contributed by atoms with Gasteiger partial charge in [-0.05, 0) is 43.2 Å². The molecule has 0 radical (unpaired) electrons. The van der Waals surface area contributed by atoms with Crippen molar-refractivity contribution in [3.63, 3.8) is 0 Å². The second kappa shape index (κ2) is 6.75. The monoisotopic (exact) mass is 364 g/mol. The van der Waals surface area contributed by atoms with Crippen molar-refractivity contribution < 1.29 is 14.4 Å². The fraction of sp³-hybridized carbons (Fsp3) is 0.250. The molecule has 3 amide bonds. The molecule has 0 aliphatic carbocycles. The Bertz CT molecular complexity index is 933. The third-order valence-corrected chi connectivity index (χ3v) is 5.14. The number of para-hydroxylation sites is 1. The molecule has 1 saturated heterocycles. The van der Waals surface area contributed by atoms with E-state index in [9.17, 15) is 14.4 Å². The highest BCUT2D eigenvalue weighted by Crippen LogP contribution is 2.33. The zero-order chi connectivity index (χ0) is 19.0. The first-order valence-electron chi connectivity index (χ1n) is 8.93. The van der Waals surface area contributed by atoms with Gasteiger partial charge >= 0.3 is 0 Å². The molecule has 2 aliphatic rings. The lowest BCUT2D eigenvalue weighted by Gasteiger charge is -2.30. The second-order valence-corrected chi connectivity index (χ2v) is 6.85. The summed E-state index contributed by atoms with van der Waals surface area (Å²) in [4.78, 5) is 38.3. The van der Waals surface area contributed by atoms with Crippen molar-refractivity contribution in [1.29, 1.82) is 0 Å². The van der Waals surface area contributed by atoms with Crippen LogP contribution in [0.2, 0.25) is 0 Å². The van der Waals surface area contributed by atoms with Crippen molar-refractivity contribution in [3.8, 4) is 0 Å². The van der Waals surface area contributed by atoms with Gasteiger partial charge in [-0.25, -0.2) is 0 Å². The molecule has 27 heavy (non-hydrogen) atoms. The molecule has 0 atom stereocenters. The number of anilines is 3. The first kappa shape index (κ1) is 17.1. The molecule has 7 heteroatoms. The minimum absolute atomic E-state index is 0.114. The quantitative estimate of drug-likeness (QED) is 0.761. The van der Waals surface area contributed by atoms with E-state index in [0.717, 1.165) is 11.4 Å². The lowest BCUT2D eigenvalue weighted by molar-refractivity contribution is -0.123. The predicted molar refractivity (Wildman–Crippen MR) is 102 cm³/mol. The van der Waals surface area contributed by atoms with E-state index in [1.807, 2.05) is 12.1 Å². The van der Waals surface area contributed by atoms with Gasteiger partial charge < -0.3 is 21.3 Å². The Balaban J connectivity index is 1.55. The fourth-order valence-electron chi connectivity index (χ4n) is 3.56. The molecule has 2 aliphatic heterocycles. The molecular formula is C20H20N4O3. The van der Waals surface area contributed by atoms with E-state index in [2.05, 4.69) is 10.6 Å². The molecule has 4 N–H and O–H groups in total. The topological polar surface area (TPSA) is 105 Å². The largest absolute Gasteiger partial charge is 0.369 e. The van der Waals surface area contributed by atoms with Crippen LogP contribution < -0.4 is 16.4 Å². The number of hydrogen-bond acceptors (Lipinski definition) is 4. The Morgan fingerprint density at radius 3 is 2.44 bits per heavy atom. The average molecular weight is 364 g/mol. The van der Waals surface area contributed by atoms with Gasteiger partial charge in [0.05, 0.1) is 22.6 Å². The highest BCUT2D eigenvalue weighted by molar-refractivity contribution is 6.12. The maximum Gasteiger partial charge on any atom is 0.257 e. The SMILES string of the molecule is NC(=O)C1CCN(C(=O)c2ccc3c(c2)NC(=O)c2ccccc2N3)CC1. The van der Waals surface area contributed by atoms with Gasteiger partial charge in [0.2, 0.25) is 5.91 Å². The van der Waals surface area contributed by atoms with Gasteiger partial charge in [0.1, 0.15) is 0 Å². The predicted octanol–water partition coefficient (Wildman–Crippen LogP) is 2.33. The van der Waals surface area contributed by atoms with Gasteiger partial charge in [-0.1, -0.05) is 12.1 Å². The molecule has 1 fully saturated rings. The number of benzene rings is 2. The highest BCUT2D eigenvalue weighted by Gasteiger charge is 2.27. The number of amides is 3. The van der Waals surface area contributed by atoms with Crippen molar-refractivity contribution in [2.24, 2.45) is 11.7 Å². The molecule has 0 aromatic heterocycles. The molecule has 2 aromatic rings. The summed E-state index contributed by atoms with van der Waals surface area (Å²) in [5, 5.41) is 6.10. The van der Waals surface area contributed by atoms with Gasteiger partial charge in [-0.15, -0.1) is 0 Å². The normalized spacial score (nSPS) is 16.4. The first-order chi connectivity index (χ1) is 13.0. The van der Waals surface area contributed by atoms with Crippen LogP contribution >= 0.6 is 0 Å². The Morgan fingerprint density at radius 1 is 0.963 bits per heavy atom. The molecule has 0 saturated carbocycles. The Labute approximate surface area is 156 Å². The number of primary amides is 1. The van der Waals surface area contributed by atoms with Crippen molar-refractivity contribution in [3.05, 3.63) is 53.6 Å².